The molecule has 1 fully saturated rings. The molecule has 10 heteroatoms. The summed E-state index contributed by atoms with van der Waals surface area (Å²) in [5.41, 5.74) is 2.32. The highest BCUT2D eigenvalue weighted by Gasteiger charge is 2.26. The number of anilines is 2. The van der Waals surface area contributed by atoms with Crippen molar-refractivity contribution in [1.29, 1.82) is 0 Å². The summed E-state index contributed by atoms with van der Waals surface area (Å²) in [7, 11) is 0. The number of carbonyl (C=O) groups is 4. The first-order valence-electron chi connectivity index (χ1n) is 13.1. The largest absolute Gasteiger partial charge is 0.465 e. The van der Waals surface area contributed by atoms with Crippen LogP contribution in [-0.2, 0) is 20.8 Å². The molecule has 1 saturated heterocycles. The summed E-state index contributed by atoms with van der Waals surface area (Å²) in [4.78, 5) is 54.5. The number of hydrogen-bond donors (Lipinski definition) is 2. The molecule has 2 aliphatic heterocycles. The van der Waals surface area contributed by atoms with Gasteiger partial charge in [0.1, 0.15) is 5.76 Å². The van der Waals surface area contributed by atoms with Crippen molar-refractivity contribution in [2.75, 3.05) is 36.4 Å². The van der Waals surface area contributed by atoms with Crippen molar-refractivity contribution in [3.63, 3.8) is 0 Å². The Morgan fingerprint density at radius 3 is 2.62 bits per heavy atom. The number of carbonyl (C=O) groups excluding carboxylic acids is 4. The number of benzene rings is 1. The summed E-state index contributed by atoms with van der Waals surface area (Å²) in [5, 5.41) is 7.29. The highest BCUT2D eigenvalue weighted by Crippen LogP contribution is 2.31. The van der Waals surface area contributed by atoms with Crippen molar-refractivity contribution in [1.82, 2.24) is 10.2 Å². The molecule has 0 radical (unpaired) electrons. The maximum absolute atomic E-state index is 12.9. The van der Waals surface area contributed by atoms with Gasteiger partial charge in [-0.2, -0.15) is 0 Å². The Bertz CT molecular complexity index is 1360. The van der Waals surface area contributed by atoms with E-state index in [1.807, 2.05) is 29.6 Å². The fourth-order valence-electron chi connectivity index (χ4n) is 4.93. The minimum absolute atomic E-state index is 0.0253. The van der Waals surface area contributed by atoms with Gasteiger partial charge in [0.15, 0.2) is 0 Å². The van der Waals surface area contributed by atoms with Crippen LogP contribution in [0.3, 0.4) is 0 Å². The minimum Gasteiger partial charge on any atom is -0.465 e. The number of nitrogens with one attached hydrogen (secondary N) is 2. The summed E-state index contributed by atoms with van der Waals surface area (Å²) in [6, 6.07) is 12.6. The van der Waals surface area contributed by atoms with E-state index in [2.05, 4.69) is 10.6 Å². The molecule has 202 valence electrons. The van der Waals surface area contributed by atoms with E-state index >= 15 is 0 Å². The van der Waals surface area contributed by atoms with Gasteiger partial charge in [-0.1, -0.05) is 6.07 Å². The zero-order valence-electron chi connectivity index (χ0n) is 21.4. The van der Waals surface area contributed by atoms with E-state index in [-0.39, 0.29) is 17.7 Å². The number of likely N-dealkylation sites (tertiary alicyclic amines) is 1. The summed E-state index contributed by atoms with van der Waals surface area (Å²) < 4.78 is 5.21. The lowest BCUT2D eigenvalue weighted by atomic mass is 9.96. The van der Waals surface area contributed by atoms with Crippen LogP contribution in [0.4, 0.5) is 11.4 Å². The van der Waals surface area contributed by atoms with Crippen molar-refractivity contribution < 1.29 is 23.6 Å². The molecule has 0 atom stereocenters. The van der Waals surface area contributed by atoms with Crippen molar-refractivity contribution in [2.45, 2.75) is 25.7 Å². The number of amides is 4. The zero-order chi connectivity index (χ0) is 27.2. The maximum Gasteiger partial charge on any atom is 0.313 e. The Balaban J connectivity index is 1.08. The molecule has 0 unspecified atom stereocenters. The van der Waals surface area contributed by atoms with Gasteiger partial charge in [0.25, 0.3) is 5.91 Å². The second kappa shape index (κ2) is 12.1. The Labute approximate surface area is 230 Å². The highest BCUT2D eigenvalue weighted by molar-refractivity contribution is 7.12. The van der Waals surface area contributed by atoms with Gasteiger partial charge < -0.3 is 24.9 Å². The number of rotatable bonds is 6. The average molecular weight is 547 g/mol. The van der Waals surface area contributed by atoms with Crippen LogP contribution in [0.25, 0.3) is 6.08 Å². The lowest BCUT2D eigenvalue weighted by Gasteiger charge is -2.31. The lowest BCUT2D eigenvalue weighted by molar-refractivity contribution is -0.136. The SMILES string of the molecule is O=C(NCC1CCN(C(=O)/C=C/c2ccco2)CC1)C(=O)Nc1ccc2c(c1)CCCN2C(=O)c1cccs1. The van der Waals surface area contributed by atoms with Gasteiger partial charge in [0, 0.05) is 43.6 Å². The number of hydrogen-bond acceptors (Lipinski definition) is 6. The van der Waals surface area contributed by atoms with E-state index in [0.717, 1.165) is 36.9 Å². The van der Waals surface area contributed by atoms with E-state index in [0.29, 0.717) is 42.5 Å². The molecule has 2 N–H and O–H groups in total. The second-order valence-electron chi connectivity index (χ2n) is 9.66. The molecule has 9 nitrogen and oxygen atoms in total. The van der Waals surface area contributed by atoms with Crippen molar-refractivity contribution in [3.8, 4) is 0 Å². The molecule has 39 heavy (non-hydrogen) atoms. The third-order valence-electron chi connectivity index (χ3n) is 7.05. The van der Waals surface area contributed by atoms with Crippen molar-refractivity contribution in [3.05, 3.63) is 76.4 Å². The molecule has 3 aromatic rings. The van der Waals surface area contributed by atoms with E-state index in [4.69, 9.17) is 4.42 Å². The first-order chi connectivity index (χ1) is 19.0. The highest BCUT2D eigenvalue weighted by atomic mass is 32.1. The van der Waals surface area contributed by atoms with Gasteiger partial charge in [0.2, 0.25) is 5.91 Å². The van der Waals surface area contributed by atoms with Crippen LogP contribution in [0, 0.1) is 5.92 Å². The Morgan fingerprint density at radius 1 is 1.03 bits per heavy atom. The summed E-state index contributed by atoms with van der Waals surface area (Å²) >= 11 is 1.42. The standard InChI is InChI=1S/C29H30N4O5S/c34-26(10-8-23-5-2-16-38-23)32-14-11-20(12-15-32)19-30-27(35)28(36)31-22-7-9-24-21(18-22)4-1-13-33(24)29(37)25-6-3-17-39-25/h2-3,5-10,16-18,20H,1,4,11-15,19H2,(H,30,35)(H,31,36)/b10-8+. The molecule has 2 aliphatic rings. The van der Waals surface area contributed by atoms with Crippen LogP contribution in [0.1, 0.15) is 40.3 Å². The normalized spacial score (nSPS) is 15.7. The zero-order valence-corrected chi connectivity index (χ0v) is 22.2. The quantitative estimate of drug-likeness (QED) is 0.359. The lowest BCUT2D eigenvalue weighted by Crippen LogP contribution is -2.43. The molecule has 2 aromatic heterocycles. The predicted molar refractivity (Wildman–Crippen MR) is 149 cm³/mol. The Hall–Kier alpha value is -4.18. The number of aryl methyl sites for hydroxylation is 1. The number of piperidine rings is 1. The summed E-state index contributed by atoms with van der Waals surface area (Å²) in [6.45, 7) is 2.21. The van der Waals surface area contributed by atoms with E-state index in [1.165, 1.54) is 17.4 Å². The fourth-order valence-corrected chi connectivity index (χ4v) is 5.60. The smallest absolute Gasteiger partial charge is 0.313 e. The van der Waals surface area contributed by atoms with Gasteiger partial charge >= 0.3 is 11.8 Å². The van der Waals surface area contributed by atoms with Crippen LogP contribution in [0.15, 0.2) is 64.6 Å². The third-order valence-corrected chi connectivity index (χ3v) is 7.91. The summed E-state index contributed by atoms with van der Waals surface area (Å²) in [6.07, 6.45) is 7.82. The average Bonchev–Trinajstić information content (AvgIpc) is 3.69. The fraction of sp³-hybridized carbons (Fsp3) is 0.310. The molecule has 4 amide bonds. The molecule has 0 aliphatic carbocycles. The van der Waals surface area contributed by atoms with E-state index in [9.17, 15) is 19.2 Å². The molecule has 4 heterocycles. The van der Waals surface area contributed by atoms with Crippen LogP contribution >= 0.6 is 11.3 Å². The van der Waals surface area contributed by atoms with Crippen molar-refractivity contribution in [2.24, 2.45) is 5.92 Å². The predicted octanol–water partition coefficient (Wildman–Crippen LogP) is 3.94. The molecule has 1 aromatic carbocycles. The first kappa shape index (κ1) is 26.4. The van der Waals surface area contributed by atoms with Gasteiger partial charge in [-0.3, -0.25) is 19.2 Å². The number of thiophene rings is 1. The van der Waals surface area contributed by atoms with Gasteiger partial charge in [0.05, 0.1) is 11.1 Å². The number of fused-ring (bicyclic) bond motifs is 1. The van der Waals surface area contributed by atoms with Crippen LogP contribution < -0.4 is 15.5 Å². The monoisotopic (exact) mass is 546 g/mol. The van der Waals surface area contributed by atoms with Crippen molar-refractivity contribution >= 4 is 52.4 Å². The Kier molecular flexibility index (Phi) is 8.21. The molecule has 0 saturated carbocycles. The van der Waals surface area contributed by atoms with Gasteiger partial charge in [-0.15, -0.1) is 11.3 Å². The molecule has 0 spiro atoms. The van der Waals surface area contributed by atoms with Crippen LogP contribution in [0.5, 0.6) is 0 Å². The number of nitrogens with zero attached hydrogens (tertiary/aromatic N) is 2. The molecular formula is C29H30N4O5S. The van der Waals surface area contributed by atoms with E-state index in [1.54, 1.807) is 40.3 Å². The first-order valence-corrected chi connectivity index (χ1v) is 13.9. The maximum atomic E-state index is 12.9. The third kappa shape index (κ3) is 6.46. The van der Waals surface area contributed by atoms with Crippen LogP contribution in [0.2, 0.25) is 0 Å². The van der Waals surface area contributed by atoms with Crippen LogP contribution in [-0.4, -0.2) is 54.7 Å². The topological polar surface area (TPSA) is 112 Å². The molecule has 0 bridgehead atoms. The Morgan fingerprint density at radius 2 is 1.87 bits per heavy atom. The molecular weight excluding hydrogens is 516 g/mol. The summed E-state index contributed by atoms with van der Waals surface area (Å²) in [5.74, 6) is -0.702. The number of furan rings is 1. The second-order valence-corrected chi connectivity index (χ2v) is 10.6. The van der Waals surface area contributed by atoms with Gasteiger partial charge in [-0.05, 0) is 85.0 Å². The minimum atomic E-state index is -0.729. The molecule has 5 rings (SSSR count). The van der Waals surface area contributed by atoms with Gasteiger partial charge in [-0.25, -0.2) is 0 Å². The van der Waals surface area contributed by atoms with E-state index < -0.39 is 11.8 Å².